The van der Waals surface area contributed by atoms with Crippen LogP contribution >= 0.6 is 0 Å². The zero-order chi connectivity index (χ0) is 16.4. The van der Waals surface area contributed by atoms with Gasteiger partial charge in [0.25, 0.3) is 0 Å². The second-order valence-electron chi connectivity index (χ2n) is 6.17. The molecule has 3 rings (SSSR count). The van der Waals surface area contributed by atoms with Crippen molar-refractivity contribution < 1.29 is 9.18 Å². The number of aromatic nitrogens is 1. The molecule has 0 saturated carbocycles. The number of carbonyl (C=O) groups excluding carboxylic acids is 1. The van der Waals surface area contributed by atoms with Crippen LogP contribution in [0.25, 0.3) is 10.9 Å². The smallest absolute Gasteiger partial charge is 0.230 e. The molecule has 0 fully saturated rings. The van der Waals surface area contributed by atoms with Gasteiger partial charge in [0.15, 0.2) is 0 Å². The van der Waals surface area contributed by atoms with Crippen LogP contribution in [0.4, 0.5) is 4.39 Å². The van der Waals surface area contributed by atoms with Crippen LogP contribution in [-0.2, 0) is 17.8 Å². The van der Waals surface area contributed by atoms with Gasteiger partial charge < -0.3 is 9.47 Å². The van der Waals surface area contributed by atoms with Gasteiger partial charge in [0, 0.05) is 29.7 Å². The lowest BCUT2D eigenvalue weighted by molar-refractivity contribution is -0.132. The second-order valence-corrected chi connectivity index (χ2v) is 6.17. The molecule has 4 heteroatoms. The zero-order valence-corrected chi connectivity index (χ0v) is 14.0. The fourth-order valence-corrected chi connectivity index (χ4v) is 4.00. The molecule has 1 amide bonds. The molecule has 23 heavy (non-hydrogen) atoms. The van der Waals surface area contributed by atoms with Crippen molar-refractivity contribution in [1.29, 1.82) is 0 Å². The summed E-state index contributed by atoms with van der Waals surface area (Å²) in [6.45, 7) is 5.53. The molecule has 1 aliphatic rings. The van der Waals surface area contributed by atoms with Gasteiger partial charge in [0.05, 0.1) is 12.5 Å². The molecule has 0 N–H and O–H groups in total. The molecule has 0 saturated heterocycles. The van der Waals surface area contributed by atoms with Crippen molar-refractivity contribution in [2.24, 2.45) is 0 Å². The number of hydrogen-bond acceptors (Lipinski definition) is 1. The van der Waals surface area contributed by atoms with Crippen molar-refractivity contribution in [3.8, 4) is 0 Å². The number of aryl methyl sites for hydroxylation is 1. The molecule has 1 aromatic carbocycles. The maximum absolute atomic E-state index is 13.1. The molecule has 1 heterocycles. The van der Waals surface area contributed by atoms with Gasteiger partial charge in [-0.3, -0.25) is 4.79 Å². The monoisotopic (exact) mass is 316 g/mol. The van der Waals surface area contributed by atoms with E-state index in [1.807, 2.05) is 36.9 Å². The number of fused-ring (bicyclic) bond motifs is 3. The van der Waals surface area contributed by atoms with Crippen LogP contribution < -0.4 is 0 Å². The van der Waals surface area contributed by atoms with Gasteiger partial charge in [-0.05, 0) is 44.7 Å². The number of nitrogens with zero attached hydrogens (tertiary/aromatic N) is 2. The first kappa shape index (κ1) is 16.0. The lowest BCUT2D eigenvalue weighted by Gasteiger charge is -2.29. The normalized spacial score (nSPS) is 17.3. The van der Waals surface area contributed by atoms with Gasteiger partial charge in [-0.1, -0.05) is 18.2 Å². The van der Waals surface area contributed by atoms with Gasteiger partial charge in [-0.15, -0.1) is 0 Å². The van der Waals surface area contributed by atoms with E-state index in [1.54, 1.807) is 0 Å². The number of likely N-dealkylation sites (N-methyl/N-ethyl adjacent to an activating group) is 1. The molecule has 3 nitrogen and oxygen atoms in total. The van der Waals surface area contributed by atoms with Crippen LogP contribution in [0.3, 0.4) is 0 Å². The number of para-hydroxylation sites is 1. The Bertz CT molecular complexity index is 703. The van der Waals surface area contributed by atoms with Crippen LogP contribution in [-0.4, -0.2) is 35.1 Å². The van der Waals surface area contributed by atoms with Crippen molar-refractivity contribution in [3.05, 3.63) is 35.5 Å². The van der Waals surface area contributed by atoms with Crippen LogP contribution in [0.1, 0.15) is 43.9 Å². The van der Waals surface area contributed by atoms with E-state index < -0.39 is 0 Å². The van der Waals surface area contributed by atoms with E-state index in [4.69, 9.17) is 0 Å². The van der Waals surface area contributed by atoms with E-state index in [-0.39, 0.29) is 18.5 Å². The lowest BCUT2D eigenvalue weighted by Crippen LogP contribution is -2.36. The summed E-state index contributed by atoms with van der Waals surface area (Å²) in [6, 6.07) is 8.12. The number of carbonyl (C=O) groups is 1. The quantitative estimate of drug-likeness (QED) is 0.821. The number of alkyl halides is 1. The third-order valence-corrected chi connectivity index (χ3v) is 5.06. The lowest BCUT2D eigenvalue weighted by atomic mass is 9.84. The average molecular weight is 316 g/mol. The third-order valence-electron chi connectivity index (χ3n) is 5.06. The van der Waals surface area contributed by atoms with Crippen LogP contribution in [0.5, 0.6) is 0 Å². The summed E-state index contributed by atoms with van der Waals surface area (Å²) in [4.78, 5) is 14.9. The summed E-state index contributed by atoms with van der Waals surface area (Å²) in [7, 11) is 0. The maximum Gasteiger partial charge on any atom is 0.230 e. The summed E-state index contributed by atoms with van der Waals surface area (Å²) in [5.41, 5.74) is 3.38. The minimum atomic E-state index is -0.375. The summed E-state index contributed by atoms with van der Waals surface area (Å²) in [6.07, 6.45) is 2.82. The van der Waals surface area contributed by atoms with E-state index in [0.29, 0.717) is 6.54 Å². The molecule has 1 aromatic heterocycles. The van der Waals surface area contributed by atoms with E-state index in [2.05, 4.69) is 10.6 Å². The molecule has 1 atom stereocenters. The fraction of sp³-hybridized carbons (Fsp3) is 0.526. The minimum Gasteiger partial charge on any atom is -0.343 e. The van der Waals surface area contributed by atoms with Crippen LogP contribution in [0.15, 0.2) is 24.3 Å². The molecule has 124 valence electrons. The first-order valence-corrected chi connectivity index (χ1v) is 8.67. The predicted molar refractivity (Wildman–Crippen MR) is 91.5 cm³/mol. The SMILES string of the molecule is CCN(CC)C(=O)C1CCCc2c1c1ccccc1n2CCF. The first-order valence-electron chi connectivity index (χ1n) is 8.67. The first-order chi connectivity index (χ1) is 11.2. The highest BCUT2D eigenvalue weighted by atomic mass is 19.1. The molecule has 0 spiro atoms. The summed E-state index contributed by atoms with van der Waals surface area (Å²) in [5.74, 6) is 0.142. The molecule has 1 unspecified atom stereocenters. The molecule has 0 radical (unpaired) electrons. The highest BCUT2D eigenvalue weighted by molar-refractivity contribution is 5.94. The largest absolute Gasteiger partial charge is 0.343 e. The number of amides is 1. The Kier molecular flexibility index (Phi) is 4.69. The predicted octanol–water partition coefficient (Wildman–Crippen LogP) is 3.90. The number of rotatable bonds is 5. The van der Waals surface area contributed by atoms with Gasteiger partial charge in [-0.2, -0.15) is 0 Å². The topological polar surface area (TPSA) is 25.2 Å². The van der Waals surface area contributed by atoms with Crippen molar-refractivity contribution in [3.63, 3.8) is 0 Å². The van der Waals surface area contributed by atoms with E-state index in [1.165, 1.54) is 5.69 Å². The Morgan fingerprint density at radius 3 is 2.74 bits per heavy atom. The number of halogens is 1. The zero-order valence-electron chi connectivity index (χ0n) is 14.0. The van der Waals surface area contributed by atoms with Crippen molar-refractivity contribution in [2.75, 3.05) is 19.8 Å². The summed E-state index contributed by atoms with van der Waals surface area (Å²) >= 11 is 0. The van der Waals surface area contributed by atoms with Crippen molar-refractivity contribution in [1.82, 2.24) is 9.47 Å². The van der Waals surface area contributed by atoms with Gasteiger partial charge in [0.2, 0.25) is 5.91 Å². The molecular weight excluding hydrogens is 291 g/mol. The highest BCUT2D eigenvalue weighted by Gasteiger charge is 2.33. The minimum absolute atomic E-state index is 0.0792. The van der Waals surface area contributed by atoms with Gasteiger partial charge >= 0.3 is 0 Å². The van der Waals surface area contributed by atoms with E-state index >= 15 is 0 Å². The number of benzene rings is 1. The Morgan fingerprint density at radius 1 is 1.30 bits per heavy atom. The molecule has 2 aromatic rings. The van der Waals surface area contributed by atoms with Gasteiger partial charge in [0.1, 0.15) is 6.67 Å². The number of hydrogen-bond donors (Lipinski definition) is 0. The second kappa shape index (κ2) is 6.73. The Morgan fingerprint density at radius 2 is 2.04 bits per heavy atom. The van der Waals surface area contributed by atoms with Crippen molar-refractivity contribution >= 4 is 16.8 Å². The van der Waals surface area contributed by atoms with Crippen LogP contribution in [0.2, 0.25) is 0 Å². The molecular formula is C19H25FN2O. The van der Waals surface area contributed by atoms with E-state index in [0.717, 1.165) is 48.8 Å². The third kappa shape index (κ3) is 2.64. The van der Waals surface area contributed by atoms with Crippen molar-refractivity contribution in [2.45, 2.75) is 45.6 Å². The Labute approximate surface area is 137 Å². The van der Waals surface area contributed by atoms with Crippen LogP contribution in [0, 0.1) is 0 Å². The standard InChI is InChI=1S/C19H25FN2O/c1-3-21(4-2)19(23)15-9-7-11-17-18(15)14-8-5-6-10-16(14)22(17)13-12-20/h5-6,8,10,15H,3-4,7,9,11-13H2,1-2H3. The average Bonchev–Trinajstić information content (AvgIpc) is 2.91. The molecule has 0 aliphatic heterocycles. The highest BCUT2D eigenvalue weighted by Crippen LogP contribution is 2.40. The summed E-state index contributed by atoms with van der Waals surface area (Å²) in [5, 5.41) is 1.13. The fourth-order valence-electron chi connectivity index (χ4n) is 4.00. The Hall–Kier alpha value is -1.84. The van der Waals surface area contributed by atoms with Gasteiger partial charge in [-0.25, -0.2) is 4.39 Å². The Balaban J connectivity index is 2.14. The molecule has 0 bridgehead atoms. The maximum atomic E-state index is 13.1. The summed E-state index contributed by atoms with van der Waals surface area (Å²) < 4.78 is 15.1. The molecule has 1 aliphatic carbocycles. The van der Waals surface area contributed by atoms with E-state index in [9.17, 15) is 9.18 Å².